The van der Waals surface area contributed by atoms with Crippen LogP contribution in [0.25, 0.3) is 11.3 Å². The van der Waals surface area contributed by atoms with Crippen molar-refractivity contribution in [2.45, 2.75) is 16.2 Å². The van der Waals surface area contributed by atoms with Crippen molar-refractivity contribution >= 4 is 34.7 Å². The third-order valence-electron chi connectivity index (χ3n) is 2.93. The van der Waals surface area contributed by atoms with Crippen molar-refractivity contribution < 1.29 is 4.79 Å². The molecule has 0 atom stereocenters. The third-order valence-corrected chi connectivity index (χ3v) is 4.88. The van der Waals surface area contributed by atoms with Crippen LogP contribution in [0.4, 0.5) is 5.69 Å². The molecule has 2 aromatic carbocycles. The fraction of sp³-hybridized carbons (Fsp3) is 0.0588. The van der Waals surface area contributed by atoms with Gasteiger partial charge in [0.2, 0.25) is 5.91 Å². The molecule has 0 radical (unpaired) electrons. The Bertz CT molecular complexity index is 767. The van der Waals surface area contributed by atoms with Gasteiger partial charge in [-0.15, -0.1) is 11.3 Å². The van der Waals surface area contributed by atoms with E-state index in [2.05, 4.69) is 27.8 Å². The molecule has 3 nitrogen and oxygen atoms in total. The van der Waals surface area contributed by atoms with Gasteiger partial charge in [-0.3, -0.25) is 4.79 Å². The van der Waals surface area contributed by atoms with Gasteiger partial charge in [-0.25, -0.2) is 4.98 Å². The van der Waals surface area contributed by atoms with Crippen LogP contribution < -0.4 is 5.32 Å². The number of hydrogen-bond acceptors (Lipinski definition) is 4. The summed E-state index contributed by atoms with van der Waals surface area (Å²) in [6.07, 6.45) is 0. The van der Waals surface area contributed by atoms with Crippen LogP contribution in [0.3, 0.4) is 0 Å². The molecular weight excluding hydrogens is 312 g/mol. The summed E-state index contributed by atoms with van der Waals surface area (Å²) in [6.45, 7) is 1.50. The number of anilines is 1. The fourth-order valence-electron chi connectivity index (χ4n) is 1.96. The van der Waals surface area contributed by atoms with Gasteiger partial charge in [-0.05, 0) is 24.3 Å². The standard InChI is InChI=1S/C17H14N2OS2/c1-12(20)18-14-7-9-15(10-8-14)22-17-19-16(11-21-17)13-5-3-2-4-6-13/h2-11H,1H3,(H,18,20). The van der Waals surface area contributed by atoms with E-state index in [1.54, 1.807) is 23.1 Å². The predicted octanol–water partition coefficient (Wildman–Crippen LogP) is 4.92. The number of aromatic nitrogens is 1. The Morgan fingerprint density at radius 1 is 1.09 bits per heavy atom. The molecule has 1 aromatic heterocycles. The second kappa shape index (κ2) is 6.77. The van der Waals surface area contributed by atoms with E-state index < -0.39 is 0 Å². The largest absolute Gasteiger partial charge is 0.326 e. The number of rotatable bonds is 4. The van der Waals surface area contributed by atoms with E-state index in [4.69, 9.17) is 0 Å². The zero-order chi connectivity index (χ0) is 15.4. The SMILES string of the molecule is CC(=O)Nc1ccc(Sc2nc(-c3ccccc3)cs2)cc1. The van der Waals surface area contributed by atoms with Gasteiger partial charge in [0.05, 0.1) is 5.69 Å². The summed E-state index contributed by atoms with van der Waals surface area (Å²) in [5.74, 6) is -0.0622. The molecular formula is C17H14N2OS2. The Balaban J connectivity index is 1.71. The minimum absolute atomic E-state index is 0.0622. The summed E-state index contributed by atoms with van der Waals surface area (Å²) >= 11 is 3.26. The van der Waals surface area contributed by atoms with Crippen molar-refractivity contribution in [1.29, 1.82) is 0 Å². The minimum Gasteiger partial charge on any atom is -0.326 e. The first kappa shape index (κ1) is 14.8. The van der Waals surface area contributed by atoms with Crippen LogP contribution in [-0.4, -0.2) is 10.9 Å². The lowest BCUT2D eigenvalue weighted by Crippen LogP contribution is -2.05. The lowest BCUT2D eigenvalue weighted by molar-refractivity contribution is -0.114. The highest BCUT2D eigenvalue weighted by Crippen LogP contribution is 2.33. The van der Waals surface area contributed by atoms with Crippen molar-refractivity contribution in [3.8, 4) is 11.3 Å². The lowest BCUT2D eigenvalue weighted by Gasteiger charge is -2.03. The van der Waals surface area contributed by atoms with Crippen LogP contribution in [0.5, 0.6) is 0 Å². The molecule has 1 heterocycles. The highest BCUT2D eigenvalue weighted by atomic mass is 32.2. The van der Waals surface area contributed by atoms with Gasteiger partial charge >= 0.3 is 0 Å². The predicted molar refractivity (Wildman–Crippen MR) is 92.4 cm³/mol. The van der Waals surface area contributed by atoms with E-state index in [1.807, 2.05) is 42.5 Å². The van der Waals surface area contributed by atoms with Crippen molar-refractivity contribution in [1.82, 2.24) is 4.98 Å². The van der Waals surface area contributed by atoms with Gasteiger partial charge in [0.25, 0.3) is 0 Å². The molecule has 0 unspecified atom stereocenters. The molecule has 3 aromatic rings. The Morgan fingerprint density at radius 2 is 1.82 bits per heavy atom. The third kappa shape index (κ3) is 3.75. The van der Waals surface area contributed by atoms with E-state index in [-0.39, 0.29) is 5.91 Å². The van der Waals surface area contributed by atoms with Gasteiger partial charge in [-0.1, -0.05) is 42.1 Å². The Hall–Kier alpha value is -2.11. The molecule has 0 saturated heterocycles. The van der Waals surface area contributed by atoms with Crippen LogP contribution in [0.1, 0.15) is 6.92 Å². The second-order valence-electron chi connectivity index (χ2n) is 4.67. The molecule has 0 aliphatic rings. The van der Waals surface area contributed by atoms with E-state index in [0.717, 1.165) is 26.2 Å². The second-order valence-corrected chi connectivity index (χ2v) is 6.85. The zero-order valence-corrected chi connectivity index (χ0v) is 13.6. The number of nitrogens with one attached hydrogen (secondary N) is 1. The quantitative estimate of drug-likeness (QED) is 0.740. The van der Waals surface area contributed by atoms with Crippen molar-refractivity contribution in [3.63, 3.8) is 0 Å². The van der Waals surface area contributed by atoms with Crippen molar-refractivity contribution in [2.24, 2.45) is 0 Å². The smallest absolute Gasteiger partial charge is 0.221 e. The topological polar surface area (TPSA) is 42.0 Å². The number of amides is 1. The number of benzene rings is 2. The maximum absolute atomic E-state index is 11.0. The maximum Gasteiger partial charge on any atom is 0.221 e. The van der Waals surface area contributed by atoms with Crippen LogP contribution in [0.2, 0.25) is 0 Å². The fourth-order valence-corrected chi connectivity index (χ4v) is 3.75. The normalized spacial score (nSPS) is 10.4. The van der Waals surface area contributed by atoms with Crippen LogP contribution in [0.15, 0.2) is 69.2 Å². The van der Waals surface area contributed by atoms with E-state index >= 15 is 0 Å². The summed E-state index contributed by atoms with van der Waals surface area (Å²) in [6, 6.07) is 17.9. The molecule has 1 N–H and O–H groups in total. The highest BCUT2D eigenvalue weighted by Gasteiger charge is 2.06. The molecule has 5 heteroatoms. The summed E-state index contributed by atoms with van der Waals surface area (Å²) in [4.78, 5) is 16.8. The minimum atomic E-state index is -0.0622. The maximum atomic E-state index is 11.0. The molecule has 0 fully saturated rings. The number of carbonyl (C=O) groups excluding carboxylic acids is 1. The Morgan fingerprint density at radius 3 is 2.50 bits per heavy atom. The Labute approximate surface area is 137 Å². The molecule has 1 amide bonds. The Kier molecular flexibility index (Phi) is 4.56. The molecule has 22 heavy (non-hydrogen) atoms. The average molecular weight is 326 g/mol. The first-order valence-corrected chi connectivity index (χ1v) is 8.47. The zero-order valence-electron chi connectivity index (χ0n) is 11.9. The number of hydrogen-bond donors (Lipinski definition) is 1. The van der Waals surface area contributed by atoms with Crippen LogP contribution in [0, 0.1) is 0 Å². The van der Waals surface area contributed by atoms with Crippen molar-refractivity contribution in [3.05, 3.63) is 60.0 Å². The van der Waals surface area contributed by atoms with Gasteiger partial charge in [0, 0.05) is 28.5 Å². The molecule has 110 valence electrons. The summed E-state index contributed by atoms with van der Waals surface area (Å²) < 4.78 is 1.01. The molecule has 0 aliphatic heterocycles. The summed E-state index contributed by atoms with van der Waals surface area (Å²) in [5, 5.41) is 4.83. The van der Waals surface area contributed by atoms with Gasteiger partial charge in [0.1, 0.15) is 0 Å². The highest BCUT2D eigenvalue weighted by molar-refractivity contribution is 8.01. The summed E-state index contributed by atoms with van der Waals surface area (Å²) in [5.41, 5.74) is 2.94. The number of nitrogens with zero attached hydrogens (tertiary/aromatic N) is 1. The molecule has 3 rings (SSSR count). The molecule has 0 bridgehead atoms. The van der Waals surface area contributed by atoms with E-state index in [9.17, 15) is 4.79 Å². The van der Waals surface area contributed by atoms with Crippen molar-refractivity contribution in [2.75, 3.05) is 5.32 Å². The van der Waals surface area contributed by atoms with Crippen LogP contribution in [-0.2, 0) is 4.79 Å². The average Bonchev–Trinajstić information content (AvgIpc) is 2.98. The molecule has 0 saturated carbocycles. The number of thiazole rings is 1. The first-order valence-electron chi connectivity index (χ1n) is 6.77. The van der Waals surface area contributed by atoms with Gasteiger partial charge in [0.15, 0.2) is 4.34 Å². The monoisotopic (exact) mass is 326 g/mol. The number of carbonyl (C=O) groups is 1. The molecule has 0 spiro atoms. The molecule has 0 aliphatic carbocycles. The lowest BCUT2D eigenvalue weighted by atomic mass is 10.2. The van der Waals surface area contributed by atoms with E-state index in [0.29, 0.717) is 0 Å². The van der Waals surface area contributed by atoms with Gasteiger partial charge in [-0.2, -0.15) is 0 Å². The summed E-state index contributed by atoms with van der Waals surface area (Å²) in [7, 11) is 0. The first-order chi connectivity index (χ1) is 10.7. The van der Waals surface area contributed by atoms with Gasteiger partial charge < -0.3 is 5.32 Å². The van der Waals surface area contributed by atoms with E-state index in [1.165, 1.54) is 6.92 Å². The van der Waals surface area contributed by atoms with Crippen LogP contribution >= 0.6 is 23.1 Å².